The van der Waals surface area contributed by atoms with Crippen molar-refractivity contribution in [3.05, 3.63) is 23.2 Å². The maximum atomic E-state index is 5.73. The molecule has 0 aromatic carbocycles. The monoisotopic (exact) mass is 249 g/mol. The van der Waals surface area contributed by atoms with Gasteiger partial charge in [0.25, 0.3) is 0 Å². The van der Waals surface area contributed by atoms with Gasteiger partial charge >= 0.3 is 0 Å². The van der Waals surface area contributed by atoms with Crippen LogP contribution in [0.25, 0.3) is 0 Å². The van der Waals surface area contributed by atoms with Gasteiger partial charge in [-0.2, -0.15) is 0 Å². The van der Waals surface area contributed by atoms with Crippen molar-refractivity contribution in [2.75, 3.05) is 6.61 Å². The average Bonchev–Trinajstić information content (AvgIpc) is 3.24. The van der Waals surface area contributed by atoms with E-state index in [1.807, 2.05) is 6.92 Å². The number of aryl methyl sites for hydroxylation is 1. The Morgan fingerprint density at radius 2 is 2.17 bits per heavy atom. The van der Waals surface area contributed by atoms with Crippen LogP contribution in [0.4, 0.5) is 0 Å². The maximum Gasteiger partial charge on any atom is 0.130 e. The van der Waals surface area contributed by atoms with Gasteiger partial charge < -0.3 is 14.5 Å². The summed E-state index contributed by atoms with van der Waals surface area (Å²) >= 11 is 0. The Hall–Kier alpha value is -0.800. The molecule has 0 radical (unpaired) electrons. The Labute approximate surface area is 109 Å². The van der Waals surface area contributed by atoms with Crippen molar-refractivity contribution in [3.63, 3.8) is 0 Å². The van der Waals surface area contributed by atoms with E-state index in [0.717, 1.165) is 36.6 Å². The molecule has 100 valence electrons. The maximum absolute atomic E-state index is 5.73. The van der Waals surface area contributed by atoms with E-state index in [9.17, 15) is 0 Å². The van der Waals surface area contributed by atoms with Crippen molar-refractivity contribution in [1.82, 2.24) is 5.32 Å². The molecule has 1 N–H and O–H groups in total. The molecule has 1 aromatic rings. The fraction of sp³-hybridized carbons (Fsp3) is 0.733. The van der Waals surface area contributed by atoms with Gasteiger partial charge in [-0.15, -0.1) is 0 Å². The summed E-state index contributed by atoms with van der Waals surface area (Å²) in [4.78, 5) is 0. The highest BCUT2D eigenvalue weighted by molar-refractivity contribution is 5.20. The van der Waals surface area contributed by atoms with Crippen LogP contribution in [-0.4, -0.2) is 12.6 Å². The number of rotatable bonds is 8. The Kier molecular flexibility index (Phi) is 3.71. The third-order valence-corrected chi connectivity index (χ3v) is 3.84. The molecule has 3 rings (SSSR count). The molecule has 2 aliphatic rings. The lowest BCUT2D eigenvalue weighted by atomic mass is 10.2. The van der Waals surface area contributed by atoms with Crippen LogP contribution in [-0.2, 0) is 17.9 Å². The van der Waals surface area contributed by atoms with E-state index in [1.54, 1.807) is 0 Å². The molecule has 0 amide bonds. The van der Waals surface area contributed by atoms with Gasteiger partial charge in [-0.25, -0.2) is 0 Å². The third kappa shape index (κ3) is 3.59. The van der Waals surface area contributed by atoms with E-state index in [0.29, 0.717) is 6.61 Å². The number of hydrogen-bond acceptors (Lipinski definition) is 3. The van der Waals surface area contributed by atoms with Gasteiger partial charge in [0.1, 0.15) is 18.1 Å². The van der Waals surface area contributed by atoms with E-state index in [4.69, 9.17) is 9.15 Å². The number of ether oxygens (including phenoxy) is 1. The van der Waals surface area contributed by atoms with Crippen LogP contribution >= 0.6 is 0 Å². The van der Waals surface area contributed by atoms with Gasteiger partial charge in [0.15, 0.2) is 0 Å². The zero-order valence-corrected chi connectivity index (χ0v) is 11.2. The number of hydrogen-bond donors (Lipinski definition) is 1. The minimum Gasteiger partial charge on any atom is -0.464 e. The predicted molar refractivity (Wildman–Crippen MR) is 70.3 cm³/mol. The van der Waals surface area contributed by atoms with Crippen molar-refractivity contribution in [3.8, 4) is 0 Å². The third-order valence-electron chi connectivity index (χ3n) is 3.84. The zero-order chi connectivity index (χ0) is 12.4. The SMILES string of the molecule is Cc1oc(COCCC2CC2)cc1CNC1CC1. The lowest BCUT2D eigenvalue weighted by molar-refractivity contribution is 0.100. The summed E-state index contributed by atoms with van der Waals surface area (Å²) in [6.45, 7) is 4.47. The second-order valence-electron chi connectivity index (χ2n) is 5.73. The van der Waals surface area contributed by atoms with Crippen molar-refractivity contribution in [2.45, 2.75) is 58.2 Å². The molecule has 0 saturated heterocycles. The summed E-state index contributed by atoms with van der Waals surface area (Å²) in [5.41, 5.74) is 1.28. The summed E-state index contributed by atoms with van der Waals surface area (Å²) in [7, 11) is 0. The highest BCUT2D eigenvalue weighted by Crippen LogP contribution is 2.32. The minimum absolute atomic E-state index is 0.622. The van der Waals surface area contributed by atoms with Gasteiger partial charge in [0.2, 0.25) is 0 Å². The number of furan rings is 1. The van der Waals surface area contributed by atoms with E-state index < -0.39 is 0 Å². The predicted octanol–water partition coefficient (Wildman–Crippen LogP) is 3.16. The van der Waals surface area contributed by atoms with Gasteiger partial charge in [0.05, 0.1) is 0 Å². The lowest BCUT2D eigenvalue weighted by Crippen LogP contribution is -2.15. The second-order valence-corrected chi connectivity index (χ2v) is 5.73. The molecule has 1 aromatic heterocycles. The van der Waals surface area contributed by atoms with E-state index in [-0.39, 0.29) is 0 Å². The van der Waals surface area contributed by atoms with Crippen molar-refractivity contribution in [1.29, 1.82) is 0 Å². The summed E-state index contributed by atoms with van der Waals surface area (Å²) in [6.07, 6.45) is 6.68. The van der Waals surface area contributed by atoms with Crippen molar-refractivity contribution < 1.29 is 9.15 Å². The first kappa shape index (κ1) is 12.2. The first-order chi connectivity index (χ1) is 8.81. The smallest absolute Gasteiger partial charge is 0.130 e. The Bertz CT molecular complexity index is 391. The van der Waals surface area contributed by atoms with Crippen LogP contribution in [0, 0.1) is 12.8 Å². The largest absolute Gasteiger partial charge is 0.464 e. The molecule has 1 heterocycles. The van der Waals surface area contributed by atoms with Crippen LogP contribution in [0.5, 0.6) is 0 Å². The summed E-state index contributed by atoms with van der Waals surface area (Å²) < 4.78 is 11.4. The molecule has 2 aliphatic carbocycles. The first-order valence-electron chi connectivity index (χ1n) is 7.20. The van der Waals surface area contributed by atoms with Crippen LogP contribution in [0.3, 0.4) is 0 Å². The molecule has 2 fully saturated rings. The Morgan fingerprint density at radius 1 is 1.33 bits per heavy atom. The summed E-state index contributed by atoms with van der Waals surface area (Å²) in [5, 5.41) is 3.52. The molecule has 18 heavy (non-hydrogen) atoms. The molecular formula is C15H23NO2. The Morgan fingerprint density at radius 3 is 2.89 bits per heavy atom. The van der Waals surface area contributed by atoms with E-state index in [1.165, 1.54) is 37.7 Å². The molecule has 3 nitrogen and oxygen atoms in total. The second kappa shape index (κ2) is 5.45. The van der Waals surface area contributed by atoms with Crippen LogP contribution in [0.15, 0.2) is 10.5 Å². The summed E-state index contributed by atoms with van der Waals surface area (Å²) in [6, 6.07) is 2.89. The van der Waals surface area contributed by atoms with Crippen LogP contribution in [0.1, 0.15) is 49.2 Å². The van der Waals surface area contributed by atoms with Gasteiger partial charge in [-0.05, 0) is 38.2 Å². The molecule has 0 bridgehead atoms. The fourth-order valence-corrected chi connectivity index (χ4v) is 2.21. The minimum atomic E-state index is 0.622. The van der Waals surface area contributed by atoms with Crippen molar-refractivity contribution in [2.24, 2.45) is 5.92 Å². The highest BCUT2D eigenvalue weighted by Gasteiger charge is 2.21. The number of nitrogens with one attached hydrogen (secondary N) is 1. The first-order valence-corrected chi connectivity index (χ1v) is 7.20. The van der Waals surface area contributed by atoms with Gasteiger partial charge in [-0.3, -0.25) is 0 Å². The molecular weight excluding hydrogens is 226 g/mol. The highest BCUT2D eigenvalue weighted by atomic mass is 16.5. The fourth-order valence-electron chi connectivity index (χ4n) is 2.21. The quantitative estimate of drug-likeness (QED) is 0.719. The molecule has 2 saturated carbocycles. The standard InChI is InChI=1S/C15H23NO2/c1-11-13(9-16-14-4-5-14)8-15(18-11)10-17-7-6-12-2-3-12/h8,12,14,16H,2-7,9-10H2,1H3. The summed E-state index contributed by atoms with van der Waals surface area (Å²) in [5.74, 6) is 2.95. The molecule has 3 heteroatoms. The molecule has 0 unspecified atom stereocenters. The molecule has 0 spiro atoms. The van der Waals surface area contributed by atoms with Crippen LogP contribution in [0.2, 0.25) is 0 Å². The normalized spacial score (nSPS) is 19.4. The van der Waals surface area contributed by atoms with Crippen molar-refractivity contribution >= 4 is 0 Å². The van der Waals surface area contributed by atoms with E-state index >= 15 is 0 Å². The zero-order valence-electron chi connectivity index (χ0n) is 11.2. The van der Waals surface area contributed by atoms with Gasteiger partial charge in [0, 0.05) is 24.8 Å². The molecule has 0 atom stereocenters. The molecule has 0 aliphatic heterocycles. The average molecular weight is 249 g/mol. The van der Waals surface area contributed by atoms with Gasteiger partial charge in [-0.1, -0.05) is 12.8 Å². The lowest BCUT2D eigenvalue weighted by Gasteiger charge is -2.00. The van der Waals surface area contributed by atoms with E-state index in [2.05, 4.69) is 11.4 Å². The Balaban J connectivity index is 1.41. The van der Waals surface area contributed by atoms with Crippen LogP contribution < -0.4 is 5.32 Å². The topological polar surface area (TPSA) is 34.4 Å².